The molecule has 0 aliphatic carbocycles. The fourth-order valence-electron chi connectivity index (χ4n) is 2.64. The molecule has 19 heavy (non-hydrogen) atoms. The van der Waals surface area contributed by atoms with Crippen LogP contribution in [0, 0.1) is 11.3 Å². The van der Waals surface area contributed by atoms with Crippen LogP contribution >= 0.6 is 0 Å². The van der Waals surface area contributed by atoms with Crippen molar-refractivity contribution in [1.29, 1.82) is 5.26 Å². The number of rotatable bonds is 5. The van der Waals surface area contributed by atoms with Crippen molar-refractivity contribution in [2.45, 2.75) is 38.6 Å². The van der Waals surface area contributed by atoms with Crippen LogP contribution in [-0.4, -0.2) is 30.7 Å². The number of piperidine rings is 1. The summed E-state index contributed by atoms with van der Waals surface area (Å²) >= 11 is 0. The summed E-state index contributed by atoms with van der Waals surface area (Å²) in [6.45, 7) is 5.16. The Hall–Kier alpha value is -1.60. The number of nitrogens with one attached hydrogen (secondary N) is 1. The second-order valence-electron chi connectivity index (χ2n) is 5.08. The zero-order chi connectivity index (χ0) is 13.5. The Morgan fingerprint density at radius 3 is 3.11 bits per heavy atom. The van der Waals surface area contributed by atoms with Crippen molar-refractivity contribution >= 4 is 5.82 Å². The molecule has 1 aliphatic rings. The first-order valence-electron chi connectivity index (χ1n) is 7.18. The van der Waals surface area contributed by atoms with E-state index in [1.165, 1.54) is 19.3 Å². The summed E-state index contributed by atoms with van der Waals surface area (Å²) in [6, 6.07) is 6.44. The summed E-state index contributed by atoms with van der Waals surface area (Å²) in [6.07, 6.45) is 6.62. The minimum Gasteiger partial charge on any atom is -0.354 e. The average molecular weight is 258 g/mol. The zero-order valence-corrected chi connectivity index (χ0v) is 11.6. The number of nitriles is 1. The lowest BCUT2D eigenvalue weighted by atomic mass is 10.0. The Bertz CT molecular complexity index is 432. The van der Waals surface area contributed by atoms with Gasteiger partial charge in [-0.25, -0.2) is 4.98 Å². The molecule has 0 saturated carbocycles. The third-order valence-electron chi connectivity index (χ3n) is 3.55. The lowest BCUT2D eigenvalue weighted by Gasteiger charge is -2.31. The molecule has 1 saturated heterocycles. The van der Waals surface area contributed by atoms with E-state index in [0.717, 1.165) is 31.9 Å². The molecule has 4 nitrogen and oxygen atoms in total. The van der Waals surface area contributed by atoms with Crippen LogP contribution in [-0.2, 0) is 0 Å². The van der Waals surface area contributed by atoms with Gasteiger partial charge >= 0.3 is 0 Å². The smallest absolute Gasteiger partial charge is 0.146 e. The van der Waals surface area contributed by atoms with Gasteiger partial charge in [-0.2, -0.15) is 5.26 Å². The van der Waals surface area contributed by atoms with Crippen molar-refractivity contribution in [2.24, 2.45) is 0 Å². The molecule has 1 aromatic rings. The van der Waals surface area contributed by atoms with E-state index in [9.17, 15) is 5.26 Å². The maximum absolute atomic E-state index is 9.21. The molecule has 1 atom stereocenters. The summed E-state index contributed by atoms with van der Waals surface area (Å²) < 4.78 is 0. The molecule has 102 valence electrons. The third-order valence-corrected chi connectivity index (χ3v) is 3.55. The van der Waals surface area contributed by atoms with Crippen LogP contribution < -0.4 is 10.2 Å². The molecule has 0 aromatic carbocycles. The SMILES string of the molecule is CCCN(CC1CCCCN1)c1ncccc1C#N. The maximum atomic E-state index is 9.21. The molecular weight excluding hydrogens is 236 g/mol. The van der Waals surface area contributed by atoms with Crippen LogP contribution in [0.2, 0.25) is 0 Å². The molecule has 1 N–H and O–H groups in total. The van der Waals surface area contributed by atoms with Crippen LogP contribution in [0.5, 0.6) is 0 Å². The number of nitrogens with zero attached hydrogens (tertiary/aromatic N) is 3. The van der Waals surface area contributed by atoms with Gasteiger partial charge in [-0.1, -0.05) is 13.3 Å². The van der Waals surface area contributed by atoms with Gasteiger partial charge in [-0.15, -0.1) is 0 Å². The minimum absolute atomic E-state index is 0.522. The highest BCUT2D eigenvalue weighted by molar-refractivity contribution is 5.53. The number of hydrogen-bond donors (Lipinski definition) is 1. The van der Waals surface area contributed by atoms with E-state index in [-0.39, 0.29) is 0 Å². The quantitative estimate of drug-likeness (QED) is 0.880. The fraction of sp³-hybridized carbons (Fsp3) is 0.600. The normalized spacial score (nSPS) is 18.8. The topological polar surface area (TPSA) is 52.0 Å². The van der Waals surface area contributed by atoms with Gasteiger partial charge in [0.05, 0.1) is 5.56 Å². The van der Waals surface area contributed by atoms with Gasteiger partial charge in [0, 0.05) is 25.3 Å². The highest BCUT2D eigenvalue weighted by Gasteiger charge is 2.19. The molecule has 0 spiro atoms. The second-order valence-corrected chi connectivity index (χ2v) is 5.08. The summed E-state index contributed by atoms with van der Waals surface area (Å²) in [5.74, 6) is 0.833. The molecule has 1 fully saturated rings. The Kier molecular flexibility index (Phi) is 5.17. The monoisotopic (exact) mass is 258 g/mol. The Morgan fingerprint density at radius 2 is 2.42 bits per heavy atom. The van der Waals surface area contributed by atoms with Gasteiger partial charge in [-0.05, 0) is 37.9 Å². The van der Waals surface area contributed by atoms with E-state index >= 15 is 0 Å². The number of aromatic nitrogens is 1. The maximum Gasteiger partial charge on any atom is 0.146 e. The van der Waals surface area contributed by atoms with Crippen molar-refractivity contribution in [3.8, 4) is 6.07 Å². The number of anilines is 1. The fourth-order valence-corrected chi connectivity index (χ4v) is 2.64. The lowest BCUT2D eigenvalue weighted by Crippen LogP contribution is -2.44. The van der Waals surface area contributed by atoms with Crippen LogP contribution in [0.4, 0.5) is 5.82 Å². The van der Waals surface area contributed by atoms with E-state index in [2.05, 4.69) is 28.2 Å². The van der Waals surface area contributed by atoms with Crippen molar-refractivity contribution in [2.75, 3.05) is 24.5 Å². The molecule has 2 heterocycles. The Morgan fingerprint density at radius 1 is 1.53 bits per heavy atom. The van der Waals surface area contributed by atoms with Gasteiger partial charge in [0.1, 0.15) is 11.9 Å². The van der Waals surface area contributed by atoms with E-state index in [1.54, 1.807) is 6.20 Å². The van der Waals surface area contributed by atoms with Crippen LogP contribution in [0.25, 0.3) is 0 Å². The summed E-state index contributed by atoms with van der Waals surface area (Å²) in [7, 11) is 0. The molecule has 0 radical (unpaired) electrons. The van der Waals surface area contributed by atoms with Crippen LogP contribution in [0.3, 0.4) is 0 Å². The average Bonchev–Trinajstić information content (AvgIpc) is 2.48. The van der Waals surface area contributed by atoms with E-state index in [1.807, 2.05) is 12.1 Å². The third kappa shape index (κ3) is 3.68. The van der Waals surface area contributed by atoms with Crippen molar-refractivity contribution < 1.29 is 0 Å². The van der Waals surface area contributed by atoms with Gasteiger partial charge in [0.2, 0.25) is 0 Å². The molecule has 4 heteroatoms. The molecular formula is C15H22N4. The number of hydrogen-bond acceptors (Lipinski definition) is 4. The van der Waals surface area contributed by atoms with Crippen LogP contribution in [0.15, 0.2) is 18.3 Å². The highest BCUT2D eigenvalue weighted by atomic mass is 15.2. The lowest BCUT2D eigenvalue weighted by molar-refractivity contribution is 0.398. The van der Waals surface area contributed by atoms with Gasteiger partial charge in [0.15, 0.2) is 0 Å². The van der Waals surface area contributed by atoms with Crippen LogP contribution in [0.1, 0.15) is 38.2 Å². The Balaban J connectivity index is 2.12. The number of pyridine rings is 1. The zero-order valence-electron chi connectivity index (χ0n) is 11.6. The van der Waals surface area contributed by atoms with Crippen molar-refractivity contribution in [1.82, 2.24) is 10.3 Å². The summed E-state index contributed by atoms with van der Waals surface area (Å²) in [5.41, 5.74) is 0.673. The first kappa shape index (κ1) is 13.8. The van der Waals surface area contributed by atoms with Crippen molar-refractivity contribution in [3.05, 3.63) is 23.9 Å². The summed E-state index contributed by atoms with van der Waals surface area (Å²) in [4.78, 5) is 6.66. The molecule has 1 aliphatic heterocycles. The molecule has 2 rings (SSSR count). The van der Waals surface area contributed by atoms with Gasteiger partial charge < -0.3 is 10.2 Å². The molecule has 0 amide bonds. The standard InChI is InChI=1S/C15H22N4/c1-2-10-19(12-14-7-3-4-8-17-14)15-13(11-16)6-5-9-18-15/h5-6,9,14,17H,2-4,7-8,10,12H2,1H3. The highest BCUT2D eigenvalue weighted by Crippen LogP contribution is 2.18. The predicted molar refractivity (Wildman–Crippen MR) is 77.1 cm³/mol. The van der Waals surface area contributed by atoms with E-state index < -0.39 is 0 Å². The first-order valence-corrected chi connectivity index (χ1v) is 7.18. The predicted octanol–water partition coefficient (Wildman–Crippen LogP) is 2.31. The first-order chi connectivity index (χ1) is 9.35. The van der Waals surface area contributed by atoms with E-state index in [0.29, 0.717) is 11.6 Å². The molecule has 0 bridgehead atoms. The Labute approximate surface area is 115 Å². The van der Waals surface area contributed by atoms with Crippen molar-refractivity contribution in [3.63, 3.8) is 0 Å². The van der Waals surface area contributed by atoms with Gasteiger partial charge in [-0.3, -0.25) is 0 Å². The second kappa shape index (κ2) is 7.10. The summed E-state index contributed by atoms with van der Waals surface area (Å²) in [5, 5.41) is 12.8. The molecule has 1 aromatic heterocycles. The largest absolute Gasteiger partial charge is 0.354 e. The molecule has 1 unspecified atom stereocenters. The van der Waals surface area contributed by atoms with E-state index in [4.69, 9.17) is 0 Å². The van der Waals surface area contributed by atoms with Gasteiger partial charge in [0.25, 0.3) is 0 Å². The minimum atomic E-state index is 0.522.